The molecule has 0 aliphatic rings. The van der Waals surface area contributed by atoms with E-state index in [0.717, 1.165) is 64.0 Å². The standard InChI is InChI=1S/C18H22N2O2.C17H17N3O2.C17H21N3O2.C13H14N2.C10H13BrN2O2.C7H6BNO2.CH3ClO2S.Ni/c1-5-13-9-11-14(12-10-13)15-7-6-8-16(19-15)20-17(21)22-18(2,3)4;1-17(2,3)22-16(21)20-15-7-5-6-14(19-15)12-8-10-13(18-4)11-9-12;1-17(2,3)22-16(21)20-15-6-4-5-14(19-15)13-9-7-12(11-18)8-10-13;1-2-10-6-8-11(9-7-10)12-4-3-5-13(14)15-12;1-10(2,3)15-9(14)13-8-6-4-5-7(11)12-8;1-9-7-4-2-6(3-5-7)8(10)11;1-5(2,3)4;/h6-12H,5H2,1-4H3,(H,19,20,21);5-11H,1-3H3,(H,19,20,21);4-10H,11,18H2,1-3H3,(H,19,20,21);3-9H,2H2,1H3,(H2,14,15);4-6H,1-3H3,(H,12,13,14);2-5,10-11H;1H3;. The predicted molar refractivity (Wildman–Crippen MR) is 451 cm³/mol. The molecular formula is C83H96BBrClN13NiO12S. The van der Waals surface area contributed by atoms with Gasteiger partial charge < -0.3 is 40.5 Å². The van der Waals surface area contributed by atoms with Crippen LogP contribution in [-0.2, 0) is 63.9 Å². The maximum absolute atomic E-state index is 11.8. The first kappa shape index (κ1) is 96.1. The van der Waals surface area contributed by atoms with Gasteiger partial charge in [0.15, 0.2) is 11.4 Å². The molecule has 598 valence electrons. The number of rotatable bonds is 12. The van der Waals surface area contributed by atoms with Crippen LogP contribution in [0.4, 0.5) is 59.6 Å². The first-order valence-electron chi connectivity index (χ1n) is 35.0. The molecule has 5 heterocycles. The smallest absolute Gasteiger partial charge is 0.444 e. The number of pyridine rings is 5. The number of nitrogens with zero attached hydrogens (tertiary/aromatic N) is 7. The third-order valence-electron chi connectivity index (χ3n) is 13.7. The average molecular weight is 1680 g/mol. The Bertz CT molecular complexity index is 4740. The number of nitrogens with one attached hydrogen (secondary N) is 4. The first-order chi connectivity index (χ1) is 52.5. The number of nitrogens with two attached hydrogens (primary N) is 2. The van der Waals surface area contributed by atoms with E-state index < -0.39 is 62.9 Å². The second-order valence-electron chi connectivity index (χ2n) is 27.9. The second kappa shape index (κ2) is 46.6. The van der Waals surface area contributed by atoms with E-state index in [-0.39, 0.29) is 16.5 Å². The molecule has 10 N–H and O–H groups in total. The van der Waals surface area contributed by atoms with Gasteiger partial charge in [0.2, 0.25) is 9.05 Å². The summed E-state index contributed by atoms with van der Waals surface area (Å²) in [6, 6.07) is 65.0. The summed E-state index contributed by atoms with van der Waals surface area (Å²) in [5.74, 6) is 2.37. The fourth-order valence-corrected chi connectivity index (χ4v) is 9.12. The van der Waals surface area contributed by atoms with Gasteiger partial charge in [-0.05, 0) is 200 Å². The van der Waals surface area contributed by atoms with Crippen molar-refractivity contribution in [2.75, 3.05) is 33.3 Å². The van der Waals surface area contributed by atoms with Crippen LogP contribution in [0, 0.1) is 13.1 Å². The Morgan fingerprint density at radius 2 is 0.699 bits per heavy atom. The van der Waals surface area contributed by atoms with E-state index in [9.17, 15) is 27.6 Å². The van der Waals surface area contributed by atoms with Crippen molar-refractivity contribution in [2.45, 2.75) is 139 Å². The second-order valence-corrected chi connectivity index (χ2v) is 31.8. The monoisotopic (exact) mass is 1680 g/mol. The molecule has 0 aliphatic carbocycles. The van der Waals surface area contributed by atoms with Gasteiger partial charge in [-0.2, -0.15) is 0 Å². The molecule has 30 heteroatoms. The molecule has 5 aromatic heterocycles. The normalized spacial score (nSPS) is 10.6. The van der Waals surface area contributed by atoms with Crippen LogP contribution < -0.4 is 38.2 Å². The van der Waals surface area contributed by atoms with Crippen molar-refractivity contribution in [3.8, 4) is 45.0 Å². The van der Waals surface area contributed by atoms with E-state index in [0.29, 0.717) is 62.8 Å². The molecule has 0 fully saturated rings. The summed E-state index contributed by atoms with van der Waals surface area (Å²) in [5.41, 5.74) is 21.5. The van der Waals surface area contributed by atoms with Crippen LogP contribution in [-0.4, -0.2) is 104 Å². The van der Waals surface area contributed by atoms with Crippen LogP contribution in [0.2, 0.25) is 0 Å². The molecule has 10 aromatic rings. The largest absolute Gasteiger partial charge is 0.488 e. The van der Waals surface area contributed by atoms with E-state index >= 15 is 0 Å². The summed E-state index contributed by atoms with van der Waals surface area (Å²) < 4.78 is 40.2. The number of carbonyl (C=O) groups excluding carboxylic acids is 4. The number of hydrogen-bond donors (Lipinski definition) is 8. The van der Waals surface area contributed by atoms with Gasteiger partial charge in [0, 0.05) is 50.4 Å². The minimum atomic E-state index is -3.19. The van der Waals surface area contributed by atoms with E-state index in [2.05, 4.69) is 133 Å². The third-order valence-corrected chi connectivity index (χ3v) is 14.1. The van der Waals surface area contributed by atoms with Crippen molar-refractivity contribution in [1.82, 2.24) is 24.9 Å². The SMILES string of the molecule is CC(C)(C)OC(=O)Nc1cccc(-c2ccc(CN)cc2)n1.CC(C)(C)OC(=O)Nc1cccc(Br)n1.CCc1ccc(-c2cccc(N)n2)cc1.CCc1ccc(-c2cccc(NC(=O)OC(C)(C)C)n2)cc1.CS(=O)(=O)Cl.[C-]#[N+]c1ccc(-c2cccc(NC(=O)OC(C)(C)C)n2)cc1.[C-]#[N+]c1ccc(B(O)O)cc1.[Ni]. The Morgan fingerprint density at radius 1 is 0.442 bits per heavy atom. The third kappa shape index (κ3) is 41.1. The number of aromatic nitrogens is 5. The van der Waals surface area contributed by atoms with Crippen molar-refractivity contribution in [1.29, 1.82) is 0 Å². The molecule has 10 rings (SSSR count). The van der Waals surface area contributed by atoms with Crippen molar-refractivity contribution in [3.63, 3.8) is 0 Å². The van der Waals surface area contributed by atoms with Crippen LogP contribution in [0.1, 0.15) is 114 Å². The average Bonchev–Trinajstić information content (AvgIpc) is 0.841. The number of ether oxygens (including phenoxy) is 4. The number of anilines is 5. The Kier molecular flexibility index (Phi) is 39.7. The molecule has 0 bridgehead atoms. The summed E-state index contributed by atoms with van der Waals surface area (Å²) in [5, 5.41) is 27.8. The first-order valence-corrected chi connectivity index (χ1v) is 38.5. The quantitative estimate of drug-likeness (QED) is 0.0185. The molecule has 113 heavy (non-hydrogen) atoms. The summed E-state index contributed by atoms with van der Waals surface area (Å²) >= 11 is 3.21. The van der Waals surface area contributed by atoms with E-state index in [4.69, 9.17) is 53.6 Å². The topological polar surface area (TPSA) is 353 Å². The number of aryl methyl sites for hydroxylation is 2. The van der Waals surface area contributed by atoms with Gasteiger partial charge in [-0.25, -0.2) is 62.2 Å². The molecule has 0 unspecified atom stereocenters. The van der Waals surface area contributed by atoms with Gasteiger partial charge in [0.05, 0.1) is 42.2 Å². The summed E-state index contributed by atoms with van der Waals surface area (Å²) in [6.07, 6.45) is 0.926. The van der Waals surface area contributed by atoms with Crippen molar-refractivity contribution in [2.24, 2.45) is 5.73 Å². The van der Waals surface area contributed by atoms with Gasteiger partial charge in [0.1, 0.15) is 56.1 Å². The number of benzene rings is 5. The number of nitrogen functional groups attached to an aromatic ring is 1. The van der Waals surface area contributed by atoms with Crippen LogP contribution in [0.15, 0.2) is 217 Å². The molecule has 0 aliphatic heterocycles. The fourth-order valence-electron chi connectivity index (χ4n) is 8.78. The number of halogens is 2. The van der Waals surface area contributed by atoms with Crippen molar-refractivity contribution in [3.05, 3.63) is 256 Å². The van der Waals surface area contributed by atoms with E-state index in [1.165, 1.54) is 23.3 Å². The zero-order chi connectivity index (χ0) is 83.4. The fraction of sp³-hybridized carbons (Fsp3) is 0.265. The molecule has 0 radical (unpaired) electrons. The number of hydrogen-bond acceptors (Lipinski definition) is 19. The van der Waals surface area contributed by atoms with E-state index in [1.54, 1.807) is 114 Å². The van der Waals surface area contributed by atoms with Gasteiger partial charge in [0.25, 0.3) is 0 Å². The molecule has 0 spiro atoms. The number of carbonyl (C=O) groups is 4. The van der Waals surface area contributed by atoms with Gasteiger partial charge in [-0.15, -0.1) is 0 Å². The minimum Gasteiger partial charge on any atom is -0.444 e. The number of amides is 4. The van der Waals surface area contributed by atoms with Gasteiger partial charge >= 0.3 is 31.5 Å². The van der Waals surface area contributed by atoms with Gasteiger partial charge in [-0.1, -0.05) is 166 Å². The van der Waals surface area contributed by atoms with Crippen LogP contribution in [0.25, 0.3) is 54.7 Å². The molecule has 5 aromatic carbocycles. The Balaban J connectivity index is 0.000000351. The van der Waals surface area contributed by atoms with Crippen molar-refractivity contribution >= 4 is 113 Å². The molecule has 25 nitrogen and oxygen atoms in total. The van der Waals surface area contributed by atoms with Gasteiger partial charge in [-0.3, -0.25) is 21.3 Å². The van der Waals surface area contributed by atoms with Crippen LogP contribution in [0.3, 0.4) is 0 Å². The maximum Gasteiger partial charge on any atom is 0.488 e. The molecule has 0 saturated heterocycles. The molecule has 0 atom stereocenters. The summed E-state index contributed by atoms with van der Waals surface area (Å²) in [4.78, 5) is 74.8. The maximum atomic E-state index is 11.8. The summed E-state index contributed by atoms with van der Waals surface area (Å²) in [7, 11) is -0.141. The van der Waals surface area contributed by atoms with E-state index in [1.807, 2.05) is 133 Å². The van der Waals surface area contributed by atoms with Crippen molar-refractivity contribution < 1.29 is 73.1 Å². The zero-order valence-electron chi connectivity index (χ0n) is 65.6. The zero-order valence-corrected chi connectivity index (χ0v) is 69.8. The van der Waals surface area contributed by atoms with Crippen LogP contribution >= 0.6 is 26.6 Å². The van der Waals surface area contributed by atoms with Crippen LogP contribution in [0.5, 0.6) is 0 Å². The minimum absolute atomic E-state index is 0. The Hall–Kier alpha value is -11.1. The molecular weight excluding hydrogens is 1590 g/mol. The molecule has 4 amide bonds. The molecule has 0 saturated carbocycles. The predicted octanol–water partition coefficient (Wildman–Crippen LogP) is 19.0. The Labute approximate surface area is 685 Å². The summed E-state index contributed by atoms with van der Waals surface area (Å²) in [6.45, 7) is 40.1. The Morgan fingerprint density at radius 3 is 0.956 bits per heavy atom.